The van der Waals surface area contributed by atoms with Crippen molar-refractivity contribution >= 4 is 12.0 Å². The predicted molar refractivity (Wildman–Crippen MR) is 113 cm³/mol. The standard InChI is InChI=1S/C23H27N3O5/c1-3-30-22(27)20-17(24-23(28)25-21(20)19-7-5-13-31-19)14-26-12-4-6-18(26)15-8-10-16(29-2)11-9-15/h5,7-11,13,18,21H,3-4,6,12,14H2,1-2H3,(H2,24,25,28)/t18-,21-/m0/s1. The van der Waals surface area contributed by atoms with Crippen LogP contribution in [0.15, 0.2) is 58.3 Å². The minimum absolute atomic E-state index is 0.190. The minimum atomic E-state index is -0.695. The summed E-state index contributed by atoms with van der Waals surface area (Å²) in [7, 11) is 1.65. The van der Waals surface area contributed by atoms with Crippen molar-refractivity contribution in [2.75, 3.05) is 26.8 Å². The van der Waals surface area contributed by atoms with Gasteiger partial charge in [-0.05, 0) is 56.1 Å². The first-order chi connectivity index (χ1) is 15.1. The number of nitrogens with zero attached hydrogens (tertiary/aromatic N) is 1. The molecule has 1 fully saturated rings. The molecule has 0 saturated carbocycles. The Morgan fingerprint density at radius 2 is 2.06 bits per heavy atom. The van der Waals surface area contributed by atoms with Crippen molar-refractivity contribution in [2.24, 2.45) is 0 Å². The number of rotatable bonds is 7. The van der Waals surface area contributed by atoms with E-state index in [1.54, 1.807) is 26.2 Å². The van der Waals surface area contributed by atoms with Gasteiger partial charge in [-0.1, -0.05) is 12.1 Å². The summed E-state index contributed by atoms with van der Waals surface area (Å²) in [6.07, 6.45) is 3.56. The van der Waals surface area contributed by atoms with E-state index >= 15 is 0 Å². The van der Waals surface area contributed by atoms with Crippen molar-refractivity contribution in [3.05, 3.63) is 65.3 Å². The van der Waals surface area contributed by atoms with Crippen LogP contribution < -0.4 is 15.4 Å². The zero-order chi connectivity index (χ0) is 21.8. The van der Waals surface area contributed by atoms with Gasteiger partial charge in [0, 0.05) is 18.3 Å². The van der Waals surface area contributed by atoms with Gasteiger partial charge in [0.15, 0.2) is 0 Å². The number of likely N-dealkylation sites (tertiary alicyclic amines) is 1. The van der Waals surface area contributed by atoms with Gasteiger partial charge in [0.2, 0.25) is 0 Å². The first kappa shape index (κ1) is 21.0. The number of esters is 1. The number of furan rings is 1. The van der Waals surface area contributed by atoms with E-state index in [1.165, 1.54) is 11.8 Å². The summed E-state index contributed by atoms with van der Waals surface area (Å²) < 4.78 is 16.1. The van der Waals surface area contributed by atoms with Gasteiger partial charge in [-0.25, -0.2) is 9.59 Å². The normalized spacial score (nSPS) is 21.5. The van der Waals surface area contributed by atoms with Gasteiger partial charge in [-0.2, -0.15) is 0 Å². The Bertz CT molecular complexity index is 952. The third-order valence-corrected chi connectivity index (χ3v) is 5.70. The van der Waals surface area contributed by atoms with Crippen LogP contribution in [0.3, 0.4) is 0 Å². The van der Waals surface area contributed by atoms with Gasteiger partial charge in [0.25, 0.3) is 0 Å². The highest BCUT2D eigenvalue weighted by molar-refractivity contribution is 5.95. The van der Waals surface area contributed by atoms with Gasteiger partial charge < -0.3 is 24.5 Å². The molecule has 0 unspecified atom stereocenters. The predicted octanol–water partition coefficient (Wildman–Crippen LogP) is 3.30. The second kappa shape index (κ2) is 9.26. The maximum atomic E-state index is 12.9. The number of carbonyl (C=O) groups is 2. The van der Waals surface area contributed by atoms with Gasteiger partial charge >= 0.3 is 12.0 Å². The smallest absolute Gasteiger partial charge is 0.338 e. The molecule has 3 heterocycles. The molecule has 1 aromatic carbocycles. The van der Waals surface area contributed by atoms with Crippen LogP contribution in [0, 0.1) is 0 Å². The van der Waals surface area contributed by atoms with Crippen molar-refractivity contribution in [3.63, 3.8) is 0 Å². The SMILES string of the molecule is CCOC(=O)C1=C(CN2CCC[C@H]2c2ccc(OC)cc2)NC(=O)N[C@H]1c1ccco1. The Morgan fingerprint density at radius 3 is 2.74 bits per heavy atom. The molecule has 0 bridgehead atoms. The number of nitrogens with one attached hydrogen (secondary N) is 2. The Labute approximate surface area is 181 Å². The lowest BCUT2D eigenvalue weighted by Crippen LogP contribution is -2.48. The Morgan fingerprint density at radius 1 is 1.26 bits per heavy atom. The summed E-state index contributed by atoms with van der Waals surface area (Å²) in [6, 6.07) is 10.6. The van der Waals surface area contributed by atoms with Gasteiger partial charge in [-0.3, -0.25) is 4.90 Å². The lowest BCUT2D eigenvalue weighted by molar-refractivity contribution is -0.139. The van der Waals surface area contributed by atoms with E-state index in [0.717, 1.165) is 25.1 Å². The van der Waals surface area contributed by atoms with E-state index in [2.05, 4.69) is 27.7 Å². The third-order valence-electron chi connectivity index (χ3n) is 5.70. The number of hydrogen-bond donors (Lipinski definition) is 2. The summed E-state index contributed by atoms with van der Waals surface area (Å²) in [6.45, 7) is 3.29. The van der Waals surface area contributed by atoms with Crippen LogP contribution in [0.2, 0.25) is 0 Å². The molecule has 2 atom stereocenters. The molecule has 0 aliphatic carbocycles. The highest BCUT2D eigenvalue weighted by atomic mass is 16.5. The summed E-state index contributed by atoms with van der Waals surface area (Å²) in [4.78, 5) is 27.6. The fourth-order valence-corrected chi connectivity index (χ4v) is 4.28. The first-order valence-electron chi connectivity index (χ1n) is 10.5. The molecule has 2 aliphatic heterocycles. The largest absolute Gasteiger partial charge is 0.497 e. The fraction of sp³-hybridized carbons (Fsp3) is 0.391. The Hall–Kier alpha value is -3.26. The molecular formula is C23H27N3O5. The number of ether oxygens (including phenoxy) is 2. The van der Waals surface area contributed by atoms with Crippen LogP contribution in [0.1, 0.15) is 43.2 Å². The summed E-state index contributed by atoms with van der Waals surface area (Å²) >= 11 is 0. The molecule has 0 radical (unpaired) electrons. The van der Waals surface area contributed by atoms with Crippen LogP contribution in [-0.4, -0.2) is 43.7 Å². The van der Waals surface area contributed by atoms with Crippen molar-refractivity contribution < 1.29 is 23.5 Å². The number of benzene rings is 1. The Kier molecular flexibility index (Phi) is 6.27. The molecule has 2 aliphatic rings. The van der Waals surface area contributed by atoms with Crippen LogP contribution in [0.4, 0.5) is 4.79 Å². The van der Waals surface area contributed by atoms with E-state index in [1.807, 2.05) is 12.1 Å². The second-order valence-corrected chi connectivity index (χ2v) is 7.56. The molecule has 1 saturated heterocycles. The summed E-state index contributed by atoms with van der Waals surface area (Å²) in [5, 5.41) is 5.62. The highest BCUT2D eigenvalue weighted by Crippen LogP contribution is 2.35. The Balaban J connectivity index is 1.65. The number of carbonyl (C=O) groups excluding carboxylic acids is 2. The molecule has 8 nitrogen and oxygen atoms in total. The summed E-state index contributed by atoms with van der Waals surface area (Å²) in [5.41, 5.74) is 2.10. The number of methoxy groups -OCH3 is 1. The molecule has 8 heteroatoms. The number of urea groups is 1. The first-order valence-corrected chi connectivity index (χ1v) is 10.5. The zero-order valence-corrected chi connectivity index (χ0v) is 17.7. The van der Waals surface area contributed by atoms with Gasteiger partial charge in [-0.15, -0.1) is 0 Å². The topological polar surface area (TPSA) is 93.0 Å². The van der Waals surface area contributed by atoms with Crippen LogP contribution in [0.25, 0.3) is 0 Å². The molecule has 31 heavy (non-hydrogen) atoms. The van der Waals surface area contributed by atoms with E-state index in [4.69, 9.17) is 13.9 Å². The monoisotopic (exact) mass is 425 g/mol. The molecular weight excluding hydrogens is 398 g/mol. The molecule has 2 amide bonds. The maximum absolute atomic E-state index is 12.9. The number of hydrogen-bond acceptors (Lipinski definition) is 6. The quantitative estimate of drug-likeness (QED) is 0.662. The van der Waals surface area contributed by atoms with Crippen molar-refractivity contribution in [3.8, 4) is 5.75 Å². The van der Waals surface area contributed by atoms with Crippen LogP contribution in [-0.2, 0) is 9.53 Å². The molecule has 4 rings (SSSR count). The van der Waals surface area contributed by atoms with E-state index < -0.39 is 12.0 Å². The van der Waals surface area contributed by atoms with E-state index in [-0.39, 0.29) is 18.7 Å². The lowest BCUT2D eigenvalue weighted by Gasteiger charge is -2.32. The summed E-state index contributed by atoms with van der Waals surface area (Å²) in [5.74, 6) is 0.836. The molecule has 1 aromatic heterocycles. The minimum Gasteiger partial charge on any atom is -0.497 e. The van der Waals surface area contributed by atoms with E-state index in [9.17, 15) is 9.59 Å². The van der Waals surface area contributed by atoms with Gasteiger partial charge in [0.05, 0.1) is 25.6 Å². The average molecular weight is 425 g/mol. The third kappa shape index (κ3) is 4.44. The molecule has 2 N–H and O–H groups in total. The fourth-order valence-electron chi connectivity index (χ4n) is 4.28. The molecule has 164 valence electrons. The number of amides is 2. The molecule has 0 spiro atoms. The van der Waals surface area contributed by atoms with E-state index in [0.29, 0.717) is 23.6 Å². The highest BCUT2D eigenvalue weighted by Gasteiger charge is 2.37. The maximum Gasteiger partial charge on any atom is 0.338 e. The second-order valence-electron chi connectivity index (χ2n) is 7.56. The van der Waals surface area contributed by atoms with Gasteiger partial charge in [0.1, 0.15) is 17.6 Å². The van der Waals surface area contributed by atoms with Crippen molar-refractivity contribution in [2.45, 2.75) is 31.8 Å². The van der Waals surface area contributed by atoms with Crippen molar-refractivity contribution in [1.82, 2.24) is 15.5 Å². The molecule has 2 aromatic rings. The van der Waals surface area contributed by atoms with Crippen LogP contribution in [0.5, 0.6) is 5.75 Å². The lowest BCUT2D eigenvalue weighted by atomic mass is 9.99. The van der Waals surface area contributed by atoms with Crippen LogP contribution >= 0.6 is 0 Å². The average Bonchev–Trinajstić information content (AvgIpc) is 3.46. The zero-order valence-electron chi connectivity index (χ0n) is 17.7. The van der Waals surface area contributed by atoms with Crippen molar-refractivity contribution in [1.29, 1.82) is 0 Å².